The van der Waals surface area contributed by atoms with E-state index in [1.807, 2.05) is 0 Å². The van der Waals surface area contributed by atoms with Crippen LogP contribution in [0.1, 0.15) is 52.9 Å². The molecule has 5 nitrogen and oxygen atoms in total. The number of nitrogens with zero attached hydrogens (tertiary/aromatic N) is 2. The van der Waals surface area contributed by atoms with Crippen molar-refractivity contribution >= 4 is 5.96 Å². The maximum Gasteiger partial charge on any atom is 0.193 e. The number of aliphatic imine (C=N–C) groups is 1. The van der Waals surface area contributed by atoms with Crippen LogP contribution < -0.4 is 5.32 Å². The van der Waals surface area contributed by atoms with Gasteiger partial charge in [-0.15, -0.1) is 0 Å². The van der Waals surface area contributed by atoms with Crippen molar-refractivity contribution in [3.05, 3.63) is 0 Å². The van der Waals surface area contributed by atoms with E-state index in [1.165, 1.54) is 12.8 Å². The van der Waals surface area contributed by atoms with Gasteiger partial charge in [0, 0.05) is 37.6 Å². The maximum absolute atomic E-state index is 10.4. The highest BCUT2D eigenvalue weighted by Gasteiger charge is 2.35. The predicted molar refractivity (Wildman–Crippen MR) is 94.7 cm³/mol. The molecular weight excluding hydrogens is 290 g/mol. The van der Waals surface area contributed by atoms with Crippen LogP contribution in [0.5, 0.6) is 0 Å². The van der Waals surface area contributed by atoms with Crippen molar-refractivity contribution in [3.8, 4) is 0 Å². The van der Waals surface area contributed by atoms with Crippen molar-refractivity contribution in [2.24, 2.45) is 16.3 Å². The summed E-state index contributed by atoms with van der Waals surface area (Å²) in [5, 5.41) is 13.8. The number of nitrogens with one attached hydrogen (secondary N) is 1. The fraction of sp³-hybridized carbons (Fsp3) is 0.944. The van der Waals surface area contributed by atoms with Crippen LogP contribution in [0.4, 0.5) is 0 Å². The Labute approximate surface area is 141 Å². The summed E-state index contributed by atoms with van der Waals surface area (Å²) in [6, 6.07) is 0. The van der Waals surface area contributed by atoms with Crippen LogP contribution in [-0.4, -0.2) is 61.5 Å². The second-order valence-corrected chi connectivity index (χ2v) is 7.35. The molecule has 0 aromatic heterocycles. The summed E-state index contributed by atoms with van der Waals surface area (Å²) < 4.78 is 5.57. The van der Waals surface area contributed by atoms with E-state index in [0.29, 0.717) is 12.5 Å². The molecule has 3 atom stereocenters. The molecule has 0 aromatic carbocycles. The van der Waals surface area contributed by atoms with E-state index in [9.17, 15) is 5.11 Å². The summed E-state index contributed by atoms with van der Waals surface area (Å²) in [4.78, 5) is 7.24. The van der Waals surface area contributed by atoms with E-state index < -0.39 is 0 Å². The Morgan fingerprint density at radius 1 is 1.35 bits per heavy atom. The van der Waals surface area contributed by atoms with Crippen LogP contribution in [-0.2, 0) is 4.74 Å². The number of aliphatic hydroxyl groups is 1. The van der Waals surface area contributed by atoms with Crippen LogP contribution in [0.15, 0.2) is 4.99 Å². The summed E-state index contributed by atoms with van der Waals surface area (Å²) in [5.74, 6) is 1.61. The number of aliphatic hydroxyl groups excluding tert-OH is 1. The molecule has 0 aromatic rings. The maximum atomic E-state index is 10.4. The fourth-order valence-corrected chi connectivity index (χ4v) is 3.69. The van der Waals surface area contributed by atoms with Crippen LogP contribution in [0.2, 0.25) is 0 Å². The van der Waals surface area contributed by atoms with Gasteiger partial charge in [0.15, 0.2) is 5.96 Å². The SMILES string of the molecule is CCNC(=NCC1(C)CCCCC1O)N1CCC(COCC)C1. The molecule has 3 unspecified atom stereocenters. The molecule has 1 aliphatic heterocycles. The third-order valence-electron chi connectivity index (χ3n) is 5.35. The van der Waals surface area contributed by atoms with E-state index in [1.54, 1.807) is 0 Å². The average molecular weight is 325 g/mol. The van der Waals surface area contributed by atoms with Crippen LogP contribution in [0, 0.1) is 11.3 Å². The molecule has 1 heterocycles. The summed E-state index contributed by atoms with van der Waals surface area (Å²) in [6.07, 6.45) is 5.30. The molecule has 2 aliphatic rings. The second kappa shape index (κ2) is 8.88. The Bertz CT molecular complexity index is 388. The highest BCUT2D eigenvalue weighted by atomic mass is 16.5. The molecule has 2 fully saturated rings. The van der Waals surface area contributed by atoms with Gasteiger partial charge in [-0.2, -0.15) is 0 Å². The first-order chi connectivity index (χ1) is 11.1. The molecule has 0 radical (unpaired) electrons. The molecule has 0 amide bonds. The van der Waals surface area contributed by atoms with E-state index in [4.69, 9.17) is 9.73 Å². The van der Waals surface area contributed by atoms with Gasteiger partial charge in [0.1, 0.15) is 0 Å². The summed E-state index contributed by atoms with van der Waals surface area (Å²) >= 11 is 0. The lowest BCUT2D eigenvalue weighted by atomic mass is 9.73. The minimum atomic E-state index is -0.216. The van der Waals surface area contributed by atoms with Crippen molar-refractivity contribution in [2.45, 2.75) is 59.0 Å². The second-order valence-electron chi connectivity index (χ2n) is 7.35. The topological polar surface area (TPSA) is 57.1 Å². The molecule has 2 N–H and O–H groups in total. The average Bonchev–Trinajstić information content (AvgIpc) is 3.01. The normalized spacial score (nSPS) is 32.3. The van der Waals surface area contributed by atoms with Crippen LogP contribution in [0.3, 0.4) is 0 Å². The zero-order valence-electron chi connectivity index (χ0n) is 15.2. The molecule has 5 heteroatoms. The van der Waals surface area contributed by atoms with E-state index in [0.717, 1.165) is 58.1 Å². The quantitative estimate of drug-likeness (QED) is 0.581. The summed E-state index contributed by atoms with van der Waals surface area (Å²) in [6.45, 7) is 11.6. The minimum Gasteiger partial charge on any atom is -0.392 e. The highest BCUT2D eigenvalue weighted by Crippen LogP contribution is 2.36. The van der Waals surface area contributed by atoms with Crippen LogP contribution >= 0.6 is 0 Å². The van der Waals surface area contributed by atoms with Crippen molar-refractivity contribution in [3.63, 3.8) is 0 Å². The smallest absolute Gasteiger partial charge is 0.193 e. The third-order valence-corrected chi connectivity index (χ3v) is 5.35. The predicted octanol–water partition coefficient (Wildman–Crippen LogP) is 2.25. The summed E-state index contributed by atoms with van der Waals surface area (Å²) in [7, 11) is 0. The first kappa shape index (κ1) is 18.5. The Kier molecular flexibility index (Phi) is 7.15. The summed E-state index contributed by atoms with van der Waals surface area (Å²) in [5.41, 5.74) is -0.0661. The molecule has 1 saturated carbocycles. The van der Waals surface area contributed by atoms with Gasteiger partial charge in [-0.25, -0.2) is 0 Å². The molecule has 1 saturated heterocycles. The van der Waals surface area contributed by atoms with Crippen molar-refractivity contribution < 1.29 is 9.84 Å². The standard InChI is InChI=1S/C18H35N3O2/c1-4-19-17(21-11-9-15(12-21)13-23-5-2)20-14-18(3)10-7-6-8-16(18)22/h15-16,22H,4-14H2,1-3H3,(H,19,20). The lowest BCUT2D eigenvalue weighted by Gasteiger charge is -2.37. The van der Waals surface area contributed by atoms with Gasteiger partial charge < -0.3 is 20.1 Å². The van der Waals surface area contributed by atoms with Crippen molar-refractivity contribution in [1.29, 1.82) is 0 Å². The number of likely N-dealkylation sites (tertiary alicyclic amines) is 1. The molecule has 2 rings (SSSR count). The number of hydrogen-bond acceptors (Lipinski definition) is 3. The molecule has 23 heavy (non-hydrogen) atoms. The van der Waals surface area contributed by atoms with Gasteiger partial charge in [0.2, 0.25) is 0 Å². The number of ether oxygens (including phenoxy) is 1. The van der Waals surface area contributed by atoms with Crippen molar-refractivity contribution in [2.75, 3.05) is 39.4 Å². The van der Waals surface area contributed by atoms with Gasteiger partial charge in [-0.3, -0.25) is 4.99 Å². The Hall–Kier alpha value is -0.810. The molecule has 0 bridgehead atoms. The Morgan fingerprint density at radius 3 is 2.87 bits per heavy atom. The lowest BCUT2D eigenvalue weighted by molar-refractivity contribution is 0.00705. The highest BCUT2D eigenvalue weighted by molar-refractivity contribution is 5.80. The number of guanidine groups is 1. The molecule has 1 aliphatic carbocycles. The van der Waals surface area contributed by atoms with Crippen molar-refractivity contribution in [1.82, 2.24) is 10.2 Å². The Balaban J connectivity index is 1.95. The van der Waals surface area contributed by atoms with Gasteiger partial charge in [-0.1, -0.05) is 19.8 Å². The molecule has 0 spiro atoms. The van der Waals surface area contributed by atoms with Gasteiger partial charge in [-0.05, 0) is 33.1 Å². The van der Waals surface area contributed by atoms with Crippen LogP contribution in [0.25, 0.3) is 0 Å². The first-order valence-electron chi connectivity index (χ1n) is 9.38. The zero-order valence-corrected chi connectivity index (χ0v) is 15.2. The van der Waals surface area contributed by atoms with E-state index >= 15 is 0 Å². The number of rotatable bonds is 6. The molecular formula is C18H35N3O2. The van der Waals surface area contributed by atoms with E-state index in [2.05, 4.69) is 31.0 Å². The van der Waals surface area contributed by atoms with Gasteiger partial charge in [0.25, 0.3) is 0 Å². The zero-order chi connectivity index (χ0) is 16.7. The largest absolute Gasteiger partial charge is 0.392 e. The fourth-order valence-electron chi connectivity index (χ4n) is 3.69. The Morgan fingerprint density at radius 2 is 2.17 bits per heavy atom. The van der Waals surface area contributed by atoms with Gasteiger partial charge in [0.05, 0.1) is 19.3 Å². The van der Waals surface area contributed by atoms with E-state index in [-0.39, 0.29) is 11.5 Å². The number of hydrogen-bond donors (Lipinski definition) is 2. The lowest BCUT2D eigenvalue weighted by Crippen LogP contribution is -2.43. The third kappa shape index (κ3) is 5.08. The monoisotopic (exact) mass is 325 g/mol. The van der Waals surface area contributed by atoms with Gasteiger partial charge >= 0.3 is 0 Å². The minimum absolute atomic E-state index is 0.0661. The molecule has 134 valence electrons. The first-order valence-corrected chi connectivity index (χ1v) is 9.38.